The van der Waals surface area contributed by atoms with Gasteiger partial charge in [0.15, 0.2) is 0 Å². The Morgan fingerprint density at radius 2 is 2.24 bits per heavy atom. The highest BCUT2D eigenvalue weighted by Crippen LogP contribution is 2.16. The third kappa shape index (κ3) is 4.28. The number of morpholine rings is 1. The summed E-state index contributed by atoms with van der Waals surface area (Å²) in [5.74, 6) is 0.284. The van der Waals surface area contributed by atoms with Crippen molar-refractivity contribution in [2.75, 3.05) is 19.7 Å². The van der Waals surface area contributed by atoms with Crippen LogP contribution in [0.4, 0.5) is 0 Å². The number of hydrogen-bond donors (Lipinski definition) is 1. The monoisotopic (exact) mass is 243 g/mol. The number of amides is 1. The van der Waals surface area contributed by atoms with E-state index < -0.39 is 0 Å². The predicted octanol–water partition coefficient (Wildman–Crippen LogP) is 1.42. The quantitative estimate of drug-likeness (QED) is 0.794. The van der Waals surface area contributed by atoms with E-state index in [1.54, 1.807) is 0 Å². The summed E-state index contributed by atoms with van der Waals surface area (Å²) >= 11 is 0. The first-order chi connectivity index (χ1) is 8.08. The second-order valence-electron chi connectivity index (χ2n) is 5.04. The van der Waals surface area contributed by atoms with E-state index in [-0.39, 0.29) is 30.6 Å². The first-order valence-corrected chi connectivity index (χ1v) is 6.63. The summed E-state index contributed by atoms with van der Waals surface area (Å²) in [6, 6.07) is 0. The molecule has 1 amide bonds. The van der Waals surface area contributed by atoms with E-state index in [1.807, 2.05) is 18.7 Å². The van der Waals surface area contributed by atoms with E-state index >= 15 is 0 Å². The van der Waals surface area contributed by atoms with Crippen molar-refractivity contribution < 1.29 is 14.6 Å². The molecule has 0 aromatic heterocycles. The van der Waals surface area contributed by atoms with Crippen LogP contribution in [0.25, 0.3) is 0 Å². The Bertz CT molecular complexity index is 245. The number of carbonyl (C=O) groups excluding carboxylic acids is 1. The fourth-order valence-corrected chi connectivity index (χ4v) is 2.27. The second kappa shape index (κ2) is 6.97. The molecule has 0 unspecified atom stereocenters. The molecule has 1 aliphatic heterocycles. The van der Waals surface area contributed by atoms with Gasteiger partial charge in [-0.25, -0.2) is 0 Å². The summed E-state index contributed by atoms with van der Waals surface area (Å²) in [6.45, 7) is 7.22. The van der Waals surface area contributed by atoms with Crippen molar-refractivity contribution in [1.29, 1.82) is 0 Å². The van der Waals surface area contributed by atoms with Crippen LogP contribution in [0.3, 0.4) is 0 Å². The lowest BCUT2D eigenvalue weighted by molar-refractivity contribution is -0.150. The van der Waals surface area contributed by atoms with Crippen molar-refractivity contribution in [3.63, 3.8) is 0 Å². The van der Waals surface area contributed by atoms with Gasteiger partial charge in [-0.1, -0.05) is 26.7 Å². The molecule has 1 saturated heterocycles. The number of unbranched alkanes of at least 4 members (excludes halogenated alkanes) is 1. The van der Waals surface area contributed by atoms with Crippen LogP contribution >= 0.6 is 0 Å². The molecule has 100 valence electrons. The van der Waals surface area contributed by atoms with Gasteiger partial charge in [0.25, 0.3) is 0 Å². The number of nitrogens with zero attached hydrogens (tertiary/aromatic N) is 1. The molecule has 1 aliphatic rings. The fraction of sp³-hybridized carbons (Fsp3) is 0.923. The summed E-state index contributed by atoms with van der Waals surface area (Å²) in [7, 11) is 0. The molecule has 1 fully saturated rings. The minimum atomic E-state index is -0.221. The van der Waals surface area contributed by atoms with E-state index in [2.05, 4.69) is 6.92 Å². The Morgan fingerprint density at radius 3 is 2.82 bits per heavy atom. The van der Waals surface area contributed by atoms with Crippen LogP contribution < -0.4 is 0 Å². The highest BCUT2D eigenvalue weighted by molar-refractivity contribution is 5.78. The van der Waals surface area contributed by atoms with E-state index in [9.17, 15) is 4.79 Å². The summed E-state index contributed by atoms with van der Waals surface area (Å²) < 4.78 is 5.53. The van der Waals surface area contributed by atoms with Gasteiger partial charge >= 0.3 is 0 Å². The maximum absolute atomic E-state index is 12.2. The lowest BCUT2D eigenvalue weighted by atomic mass is 10.0. The van der Waals surface area contributed by atoms with Gasteiger partial charge in [-0.15, -0.1) is 0 Å². The van der Waals surface area contributed by atoms with Gasteiger partial charge in [0, 0.05) is 19.0 Å². The van der Waals surface area contributed by atoms with Crippen LogP contribution in [0.1, 0.15) is 40.0 Å². The smallest absolute Gasteiger partial charge is 0.225 e. The topological polar surface area (TPSA) is 49.8 Å². The third-order valence-corrected chi connectivity index (χ3v) is 3.25. The zero-order valence-corrected chi connectivity index (χ0v) is 11.2. The van der Waals surface area contributed by atoms with Crippen LogP contribution in [0, 0.1) is 5.92 Å². The molecule has 0 radical (unpaired) electrons. The molecule has 3 atom stereocenters. The fourth-order valence-electron chi connectivity index (χ4n) is 2.27. The summed E-state index contributed by atoms with van der Waals surface area (Å²) in [5.41, 5.74) is 0. The summed E-state index contributed by atoms with van der Waals surface area (Å²) in [5, 5.41) is 9.13. The molecule has 0 saturated carbocycles. The summed E-state index contributed by atoms with van der Waals surface area (Å²) in [6.07, 6.45) is 2.96. The van der Waals surface area contributed by atoms with Gasteiger partial charge < -0.3 is 14.7 Å². The van der Waals surface area contributed by atoms with Crippen LogP contribution in [0.15, 0.2) is 0 Å². The van der Waals surface area contributed by atoms with E-state index in [4.69, 9.17) is 9.84 Å². The normalized spacial score (nSPS) is 26.9. The average molecular weight is 243 g/mol. The molecule has 0 aliphatic carbocycles. The molecule has 1 N–H and O–H groups in total. The zero-order valence-electron chi connectivity index (χ0n) is 11.2. The Balaban J connectivity index is 2.49. The zero-order chi connectivity index (χ0) is 12.8. The Morgan fingerprint density at radius 1 is 1.53 bits per heavy atom. The van der Waals surface area contributed by atoms with Crippen LogP contribution in [0.2, 0.25) is 0 Å². The Labute approximate surface area is 104 Å². The molecule has 1 heterocycles. The van der Waals surface area contributed by atoms with Crippen molar-refractivity contribution in [1.82, 2.24) is 4.90 Å². The van der Waals surface area contributed by atoms with E-state index in [0.717, 1.165) is 19.3 Å². The van der Waals surface area contributed by atoms with Crippen molar-refractivity contribution >= 4 is 5.91 Å². The van der Waals surface area contributed by atoms with Gasteiger partial charge in [0.2, 0.25) is 5.91 Å². The lowest BCUT2D eigenvalue weighted by Gasteiger charge is -2.37. The average Bonchev–Trinajstić information content (AvgIpc) is 2.34. The molecule has 0 spiro atoms. The van der Waals surface area contributed by atoms with E-state index in [0.29, 0.717) is 13.1 Å². The maximum Gasteiger partial charge on any atom is 0.225 e. The molecular formula is C13H25NO3. The van der Waals surface area contributed by atoms with Gasteiger partial charge in [-0.05, 0) is 13.3 Å². The minimum absolute atomic E-state index is 0.0164. The lowest BCUT2D eigenvalue weighted by Crippen LogP contribution is -2.51. The van der Waals surface area contributed by atoms with Crippen molar-refractivity contribution in [2.24, 2.45) is 5.92 Å². The molecule has 4 nitrogen and oxygen atoms in total. The van der Waals surface area contributed by atoms with Gasteiger partial charge in [-0.2, -0.15) is 0 Å². The van der Waals surface area contributed by atoms with Crippen LogP contribution in [-0.2, 0) is 9.53 Å². The molecule has 1 rings (SSSR count). The first kappa shape index (κ1) is 14.5. The number of ether oxygens (including phenoxy) is 1. The maximum atomic E-state index is 12.2. The highest BCUT2D eigenvalue weighted by atomic mass is 16.5. The number of aliphatic hydroxyl groups excluding tert-OH is 1. The van der Waals surface area contributed by atoms with Gasteiger partial charge in [0.1, 0.15) is 0 Å². The SMILES string of the molecule is CCCC[C@H](C)C(=O)N1C[C@@H](CO)O[C@@H](C)C1. The molecule has 0 aromatic carbocycles. The first-order valence-electron chi connectivity index (χ1n) is 6.63. The van der Waals surface area contributed by atoms with E-state index in [1.165, 1.54) is 0 Å². The molecule has 0 bridgehead atoms. The Hall–Kier alpha value is -0.610. The Kier molecular flexibility index (Phi) is 5.92. The predicted molar refractivity (Wildman–Crippen MR) is 66.7 cm³/mol. The van der Waals surface area contributed by atoms with Gasteiger partial charge in [0.05, 0.1) is 18.8 Å². The number of hydrogen-bond acceptors (Lipinski definition) is 3. The molecule has 4 heteroatoms. The highest BCUT2D eigenvalue weighted by Gasteiger charge is 2.29. The standard InChI is InChI=1S/C13H25NO3/c1-4-5-6-10(2)13(16)14-7-11(3)17-12(8-14)9-15/h10-12,15H,4-9H2,1-3H3/t10-,11-,12-/m0/s1. The van der Waals surface area contributed by atoms with Gasteiger partial charge in [-0.3, -0.25) is 4.79 Å². The number of aliphatic hydroxyl groups is 1. The summed E-state index contributed by atoms with van der Waals surface area (Å²) in [4.78, 5) is 14.0. The number of carbonyl (C=O) groups is 1. The van der Waals surface area contributed by atoms with Crippen LogP contribution in [0.5, 0.6) is 0 Å². The van der Waals surface area contributed by atoms with Crippen molar-refractivity contribution in [2.45, 2.75) is 52.2 Å². The number of rotatable bonds is 5. The molecule has 17 heavy (non-hydrogen) atoms. The van der Waals surface area contributed by atoms with Crippen molar-refractivity contribution in [3.8, 4) is 0 Å². The molecule has 0 aromatic rings. The molecular weight excluding hydrogens is 218 g/mol. The largest absolute Gasteiger partial charge is 0.394 e. The second-order valence-corrected chi connectivity index (χ2v) is 5.04. The third-order valence-electron chi connectivity index (χ3n) is 3.25. The van der Waals surface area contributed by atoms with Crippen LogP contribution in [-0.4, -0.2) is 47.8 Å². The minimum Gasteiger partial charge on any atom is -0.394 e. The van der Waals surface area contributed by atoms with Crippen molar-refractivity contribution in [3.05, 3.63) is 0 Å².